The molecule has 9 nitrogen and oxygen atoms in total. The molecule has 1 saturated carbocycles. The maximum absolute atomic E-state index is 12.7. The molecule has 0 spiro atoms. The van der Waals surface area contributed by atoms with E-state index >= 15 is 0 Å². The lowest BCUT2D eigenvalue weighted by molar-refractivity contribution is -0.385. The molecule has 1 aliphatic carbocycles. The topological polar surface area (TPSA) is 130 Å². The van der Waals surface area contributed by atoms with Crippen LogP contribution in [0.1, 0.15) is 36.5 Å². The molecule has 0 radical (unpaired) electrons. The zero-order valence-corrected chi connectivity index (χ0v) is 13.0. The van der Waals surface area contributed by atoms with E-state index in [2.05, 4.69) is 5.32 Å². The van der Waals surface area contributed by atoms with Crippen molar-refractivity contribution in [3.8, 4) is 0 Å². The molecule has 1 fully saturated rings. The number of imide groups is 1. The van der Waals surface area contributed by atoms with Crippen LogP contribution in [0.25, 0.3) is 0 Å². The minimum atomic E-state index is -1.37. The predicted octanol–water partition coefficient (Wildman–Crippen LogP) is 1.77. The van der Waals surface area contributed by atoms with Crippen molar-refractivity contribution in [2.75, 3.05) is 0 Å². The molecule has 1 atom stereocenters. The van der Waals surface area contributed by atoms with E-state index in [0.29, 0.717) is 12.8 Å². The number of hydrogen-bond acceptors (Lipinski definition) is 5. The van der Waals surface area contributed by atoms with Crippen LogP contribution in [0.15, 0.2) is 24.3 Å². The summed E-state index contributed by atoms with van der Waals surface area (Å²) in [6, 6.07) is 3.95. The van der Waals surface area contributed by atoms with Gasteiger partial charge in [-0.05, 0) is 25.3 Å². The largest absolute Gasteiger partial charge is 0.465 e. The maximum Gasteiger partial charge on any atom is 0.405 e. The first-order chi connectivity index (χ1) is 11.4. The first kappa shape index (κ1) is 17.4. The molecule has 24 heavy (non-hydrogen) atoms. The second-order valence-corrected chi connectivity index (χ2v) is 5.43. The highest BCUT2D eigenvalue weighted by atomic mass is 16.6. The Balaban J connectivity index is 2.34. The molecule has 1 unspecified atom stereocenters. The standard InChI is InChI=1S/C15H17N3O6/c1-2-11(16-15(21)22)14(20)17(9-7-8-9)13(19)10-5-3-4-6-12(10)18(23)24/h3-6,9,11,16H,2,7-8H2,1H3,(H,21,22). The van der Waals surface area contributed by atoms with E-state index in [0.717, 1.165) is 4.90 Å². The fraction of sp³-hybridized carbons (Fsp3) is 0.400. The normalized spacial score (nSPS) is 14.5. The lowest BCUT2D eigenvalue weighted by Gasteiger charge is -2.25. The van der Waals surface area contributed by atoms with Gasteiger partial charge in [0.15, 0.2) is 0 Å². The van der Waals surface area contributed by atoms with Gasteiger partial charge >= 0.3 is 6.09 Å². The summed E-state index contributed by atoms with van der Waals surface area (Å²) in [5.41, 5.74) is -0.576. The Morgan fingerprint density at radius 1 is 1.38 bits per heavy atom. The Morgan fingerprint density at radius 2 is 2.00 bits per heavy atom. The van der Waals surface area contributed by atoms with Crippen molar-refractivity contribution in [1.82, 2.24) is 10.2 Å². The third-order valence-corrected chi connectivity index (χ3v) is 3.70. The Bertz CT molecular complexity index is 686. The smallest absolute Gasteiger partial charge is 0.405 e. The Kier molecular flexibility index (Phi) is 5.12. The first-order valence-electron chi connectivity index (χ1n) is 7.47. The molecular formula is C15H17N3O6. The number of carbonyl (C=O) groups is 3. The second kappa shape index (κ2) is 7.07. The summed E-state index contributed by atoms with van der Waals surface area (Å²) >= 11 is 0. The minimum absolute atomic E-state index is 0.165. The van der Waals surface area contributed by atoms with Crippen LogP contribution in [0.5, 0.6) is 0 Å². The minimum Gasteiger partial charge on any atom is -0.465 e. The highest BCUT2D eigenvalue weighted by Gasteiger charge is 2.41. The zero-order valence-electron chi connectivity index (χ0n) is 13.0. The quantitative estimate of drug-likeness (QED) is 0.602. The molecule has 1 aromatic carbocycles. The molecule has 1 aliphatic rings. The number of nitro benzene ring substituents is 1. The van der Waals surface area contributed by atoms with Gasteiger partial charge in [0, 0.05) is 12.1 Å². The van der Waals surface area contributed by atoms with Gasteiger partial charge in [-0.2, -0.15) is 0 Å². The average Bonchev–Trinajstić information content (AvgIpc) is 3.37. The van der Waals surface area contributed by atoms with Crippen LogP contribution >= 0.6 is 0 Å². The van der Waals surface area contributed by atoms with Crippen LogP contribution in [0.4, 0.5) is 10.5 Å². The first-order valence-corrected chi connectivity index (χ1v) is 7.47. The van der Waals surface area contributed by atoms with Crippen molar-refractivity contribution in [3.05, 3.63) is 39.9 Å². The number of benzene rings is 1. The predicted molar refractivity (Wildman–Crippen MR) is 82.5 cm³/mol. The zero-order chi connectivity index (χ0) is 17.9. The highest BCUT2D eigenvalue weighted by Crippen LogP contribution is 2.31. The van der Waals surface area contributed by atoms with Gasteiger partial charge in [-0.25, -0.2) is 4.79 Å². The average molecular weight is 335 g/mol. The molecule has 2 N–H and O–H groups in total. The molecular weight excluding hydrogens is 318 g/mol. The third-order valence-electron chi connectivity index (χ3n) is 3.70. The van der Waals surface area contributed by atoms with Gasteiger partial charge in [0.1, 0.15) is 11.6 Å². The Morgan fingerprint density at radius 3 is 2.50 bits per heavy atom. The van der Waals surface area contributed by atoms with E-state index in [1.807, 2.05) is 0 Å². The number of amides is 3. The van der Waals surface area contributed by atoms with E-state index in [1.54, 1.807) is 6.92 Å². The van der Waals surface area contributed by atoms with Crippen molar-refractivity contribution >= 4 is 23.6 Å². The van der Waals surface area contributed by atoms with Crippen molar-refractivity contribution in [2.45, 2.75) is 38.3 Å². The molecule has 0 aromatic heterocycles. The van der Waals surface area contributed by atoms with Gasteiger partial charge in [0.05, 0.1) is 4.92 Å². The molecule has 0 saturated heterocycles. The molecule has 128 valence electrons. The summed E-state index contributed by atoms with van der Waals surface area (Å²) in [6.07, 6.45) is -0.00837. The van der Waals surface area contributed by atoms with E-state index < -0.39 is 28.9 Å². The number of rotatable bonds is 6. The van der Waals surface area contributed by atoms with E-state index in [4.69, 9.17) is 5.11 Å². The van der Waals surface area contributed by atoms with Gasteiger partial charge in [0.25, 0.3) is 17.5 Å². The molecule has 0 aliphatic heterocycles. The summed E-state index contributed by atoms with van der Waals surface area (Å²) in [4.78, 5) is 47.5. The monoisotopic (exact) mass is 335 g/mol. The van der Waals surface area contributed by atoms with E-state index in [9.17, 15) is 24.5 Å². The van der Waals surface area contributed by atoms with Crippen LogP contribution in [0.2, 0.25) is 0 Å². The number of para-hydroxylation sites is 1. The lowest BCUT2D eigenvalue weighted by Crippen LogP contribution is -2.51. The third kappa shape index (κ3) is 3.67. The number of nitro groups is 1. The Hall–Kier alpha value is -2.97. The number of carboxylic acid groups (broad SMARTS) is 1. The molecule has 0 heterocycles. The summed E-state index contributed by atoms with van der Waals surface area (Å²) in [6.45, 7) is 1.61. The summed E-state index contributed by atoms with van der Waals surface area (Å²) in [5, 5.41) is 22.0. The SMILES string of the molecule is CCC(NC(=O)O)C(=O)N(C(=O)c1ccccc1[N+](=O)[O-])C1CC1. The van der Waals surface area contributed by atoms with Gasteiger partial charge in [0.2, 0.25) is 0 Å². The van der Waals surface area contributed by atoms with Crippen LogP contribution < -0.4 is 5.32 Å². The van der Waals surface area contributed by atoms with E-state index in [-0.39, 0.29) is 23.7 Å². The molecule has 1 aromatic rings. The van der Waals surface area contributed by atoms with Crippen molar-refractivity contribution < 1.29 is 24.4 Å². The van der Waals surface area contributed by atoms with Gasteiger partial charge in [-0.15, -0.1) is 0 Å². The maximum atomic E-state index is 12.7. The van der Waals surface area contributed by atoms with Crippen LogP contribution in [-0.2, 0) is 4.79 Å². The number of hydrogen-bond donors (Lipinski definition) is 2. The van der Waals surface area contributed by atoms with Crippen LogP contribution in [0, 0.1) is 10.1 Å². The second-order valence-electron chi connectivity index (χ2n) is 5.43. The number of nitrogens with one attached hydrogen (secondary N) is 1. The fourth-order valence-electron chi connectivity index (χ4n) is 2.38. The molecule has 0 bridgehead atoms. The molecule has 3 amide bonds. The molecule has 2 rings (SSSR count). The van der Waals surface area contributed by atoms with Crippen molar-refractivity contribution in [3.63, 3.8) is 0 Å². The number of nitrogens with zero attached hydrogens (tertiary/aromatic N) is 2. The molecule has 9 heteroatoms. The Labute approximate surface area is 137 Å². The highest BCUT2D eigenvalue weighted by molar-refractivity contribution is 6.09. The van der Waals surface area contributed by atoms with Crippen molar-refractivity contribution in [1.29, 1.82) is 0 Å². The van der Waals surface area contributed by atoms with Crippen LogP contribution in [0.3, 0.4) is 0 Å². The number of carbonyl (C=O) groups excluding carboxylic acids is 2. The van der Waals surface area contributed by atoms with Crippen LogP contribution in [-0.4, -0.2) is 44.9 Å². The van der Waals surface area contributed by atoms with E-state index in [1.165, 1.54) is 24.3 Å². The van der Waals surface area contributed by atoms with Crippen molar-refractivity contribution in [2.24, 2.45) is 0 Å². The summed E-state index contributed by atoms with van der Waals surface area (Å²) in [7, 11) is 0. The van der Waals surface area contributed by atoms with Gasteiger partial charge in [-0.3, -0.25) is 24.6 Å². The summed E-state index contributed by atoms with van der Waals surface area (Å²) < 4.78 is 0. The van der Waals surface area contributed by atoms with Gasteiger partial charge in [-0.1, -0.05) is 19.1 Å². The fourth-order valence-corrected chi connectivity index (χ4v) is 2.38. The van der Waals surface area contributed by atoms with Gasteiger partial charge < -0.3 is 10.4 Å². The summed E-state index contributed by atoms with van der Waals surface area (Å²) in [5.74, 6) is -1.47. The lowest BCUT2D eigenvalue weighted by atomic mass is 10.1.